The minimum absolute atomic E-state index is 0.0741. The average Bonchev–Trinajstić information content (AvgIpc) is 3.41. The molecular formula is C23H20ClN5O3. The van der Waals surface area contributed by atoms with Crippen LogP contribution >= 0.6 is 11.6 Å². The first-order valence-electron chi connectivity index (χ1n) is 10.4. The van der Waals surface area contributed by atoms with Gasteiger partial charge in [0.1, 0.15) is 0 Å². The second kappa shape index (κ2) is 7.80. The van der Waals surface area contributed by atoms with Crippen molar-refractivity contribution in [2.75, 3.05) is 4.90 Å². The van der Waals surface area contributed by atoms with E-state index in [1.54, 1.807) is 24.3 Å². The van der Waals surface area contributed by atoms with E-state index in [0.717, 1.165) is 22.4 Å². The van der Waals surface area contributed by atoms with Gasteiger partial charge in [-0.2, -0.15) is 4.68 Å². The summed E-state index contributed by atoms with van der Waals surface area (Å²) in [5.41, 5.74) is 2.49. The lowest BCUT2D eigenvalue weighted by Crippen LogP contribution is -2.31. The number of hydrogen-bond acceptors (Lipinski definition) is 4. The van der Waals surface area contributed by atoms with Gasteiger partial charge in [-0.3, -0.25) is 19.5 Å². The Morgan fingerprint density at radius 2 is 1.94 bits per heavy atom. The fourth-order valence-corrected chi connectivity index (χ4v) is 4.42. The molecule has 8 nitrogen and oxygen atoms in total. The highest BCUT2D eigenvalue weighted by atomic mass is 35.5. The first-order valence-corrected chi connectivity index (χ1v) is 10.8. The van der Waals surface area contributed by atoms with Gasteiger partial charge in [0.15, 0.2) is 0 Å². The fourth-order valence-electron chi connectivity index (χ4n) is 4.23. The van der Waals surface area contributed by atoms with E-state index in [1.807, 2.05) is 31.2 Å². The van der Waals surface area contributed by atoms with Crippen molar-refractivity contribution in [2.45, 2.75) is 32.1 Å². The number of imide groups is 1. The van der Waals surface area contributed by atoms with E-state index in [2.05, 4.69) is 15.1 Å². The zero-order valence-electron chi connectivity index (χ0n) is 17.3. The Morgan fingerprint density at radius 1 is 1.12 bits per heavy atom. The summed E-state index contributed by atoms with van der Waals surface area (Å²) < 4.78 is 1.32. The molecule has 2 aromatic carbocycles. The third-order valence-corrected chi connectivity index (χ3v) is 5.89. The molecule has 0 spiro atoms. The van der Waals surface area contributed by atoms with Crippen molar-refractivity contribution in [3.63, 3.8) is 0 Å². The van der Waals surface area contributed by atoms with Crippen molar-refractivity contribution in [2.24, 2.45) is 0 Å². The molecule has 1 aliphatic rings. The molecule has 0 bridgehead atoms. The third kappa shape index (κ3) is 3.23. The van der Waals surface area contributed by atoms with Crippen molar-refractivity contribution in [3.8, 4) is 5.95 Å². The van der Waals surface area contributed by atoms with E-state index < -0.39 is 11.8 Å². The number of amides is 2. The number of benzene rings is 2. The number of fused-ring (bicyclic) bond motifs is 1. The van der Waals surface area contributed by atoms with Crippen LogP contribution in [0.4, 0.5) is 5.69 Å². The molecule has 1 fully saturated rings. The molecular weight excluding hydrogens is 430 g/mol. The summed E-state index contributed by atoms with van der Waals surface area (Å²) in [6.45, 7) is 1.99. The summed E-state index contributed by atoms with van der Waals surface area (Å²) in [5, 5.41) is 3.53. The molecule has 3 heterocycles. The smallest absolute Gasteiger partial charge is 0.278 e. The van der Waals surface area contributed by atoms with Gasteiger partial charge >= 0.3 is 0 Å². The van der Waals surface area contributed by atoms with Gasteiger partial charge in [0.25, 0.3) is 5.56 Å². The standard InChI is InChI=1S/C23H20ClN5O3/c1-2-6-18-20(15-12-19(30)28(21(15)31)14-8-5-7-13(24)11-14)22(32)29(27-18)23-25-16-9-3-4-10-17(16)26-23/h3-5,7-11,15,27H,2,6,12H2,1H3,(H,25,26). The van der Waals surface area contributed by atoms with Crippen molar-refractivity contribution < 1.29 is 9.59 Å². The van der Waals surface area contributed by atoms with E-state index >= 15 is 0 Å². The van der Waals surface area contributed by atoms with E-state index in [1.165, 1.54) is 4.68 Å². The van der Waals surface area contributed by atoms with Crippen LogP contribution in [0.5, 0.6) is 0 Å². The van der Waals surface area contributed by atoms with Crippen LogP contribution in [0.2, 0.25) is 5.02 Å². The average molecular weight is 450 g/mol. The van der Waals surface area contributed by atoms with E-state index in [9.17, 15) is 14.4 Å². The van der Waals surface area contributed by atoms with Gasteiger partial charge in [-0.25, -0.2) is 9.88 Å². The van der Waals surface area contributed by atoms with Crippen LogP contribution in [0.25, 0.3) is 17.0 Å². The minimum atomic E-state index is -0.864. The summed E-state index contributed by atoms with van der Waals surface area (Å²) in [5.74, 6) is -1.32. The Morgan fingerprint density at radius 3 is 2.69 bits per heavy atom. The molecule has 9 heteroatoms. The molecule has 1 atom stereocenters. The third-order valence-electron chi connectivity index (χ3n) is 5.66. The maximum absolute atomic E-state index is 13.4. The van der Waals surface area contributed by atoms with Gasteiger partial charge in [0, 0.05) is 17.1 Å². The lowest BCUT2D eigenvalue weighted by molar-refractivity contribution is -0.121. The van der Waals surface area contributed by atoms with Gasteiger partial charge in [-0.15, -0.1) is 0 Å². The number of para-hydroxylation sites is 2. The molecule has 1 saturated heterocycles. The summed E-state index contributed by atoms with van der Waals surface area (Å²) >= 11 is 6.05. The summed E-state index contributed by atoms with van der Waals surface area (Å²) in [6.07, 6.45) is 1.25. The number of aryl methyl sites for hydroxylation is 1. The number of H-pyrrole nitrogens is 2. The highest BCUT2D eigenvalue weighted by Gasteiger charge is 2.43. The molecule has 2 aromatic heterocycles. The maximum Gasteiger partial charge on any atom is 0.278 e. The number of nitrogens with one attached hydrogen (secondary N) is 2. The normalized spacial score (nSPS) is 16.4. The second-order valence-electron chi connectivity index (χ2n) is 7.78. The van der Waals surface area contributed by atoms with Gasteiger partial charge in [-0.1, -0.05) is 43.1 Å². The van der Waals surface area contributed by atoms with Crippen LogP contribution in [-0.4, -0.2) is 31.6 Å². The number of hydrogen-bond donors (Lipinski definition) is 2. The first-order chi connectivity index (χ1) is 15.5. The Hall–Kier alpha value is -3.65. The van der Waals surface area contributed by atoms with E-state index in [0.29, 0.717) is 34.3 Å². The van der Waals surface area contributed by atoms with Crippen LogP contribution in [0.1, 0.15) is 36.9 Å². The largest absolute Gasteiger partial charge is 0.322 e. The van der Waals surface area contributed by atoms with Crippen LogP contribution in [-0.2, 0) is 16.0 Å². The Balaban J connectivity index is 1.59. The topological polar surface area (TPSA) is 104 Å². The number of aromatic nitrogens is 4. The van der Waals surface area contributed by atoms with Crippen molar-refractivity contribution in [1.29, 1.82) is 0 Å². The van der Waals surface area contributed by atoms with E-state index in [-0.39, 0.29) is 17.9 Å². The number of aromatic amines is 2. The van der Waals surface area contributed by atoms with Crippen LogP contribution < -0.4 is 10.5 Å². The van der Waals surface area contributed by atoms with Gasteiger partial charge in [-0.05, 0) is 36.8 Å². The number of halogens is 1. The first kappa shape index (κ1) is 20.3. The van der Waals surface area contributed by atoms with Crippen molar-refractivity contribution in [3.05, 3.63) is 75.2 Å². The number of carbonyl (C=O) groups is 2. The zero-order chi connectivity index (χ0) is 22.4. The minimum Gasteiger partial charge on any atom is -0.322 e. The number of anilines is 1. The Bertz CT molecular complexity index is 1380. The lowest BCUT2D eigenvalue weighted by Gasteiger charge is -2.15. The molecule has 1 aliphatic heterocycles. The lowest BCUT2D eigenvalue weighted by atomic mass is 9.96. The van der Waals surface area contributed by atoms with Crippen molar-refractivity contribution in [1.82, 2.24) is 19.7 Å². The van der Waals surface area contributed by atoms with Crippen LogP contribution in [0.15, 0.2) is 53.3 Å². The quantitative estimate of drug-likeness (QED) is 0.453. The van der Waals surface area contributed by atoms with Gasteiger partial charge in [0.2, 0.25) is 17.8 Å². The molecule has 4 aromatic rings. The molecule has 1 unspecified atom stereocenters. The zero-order valence-corrected chi connectivity index (χ0v) is 18.0. The number of carbonyl (C=O) groups excluding carboxylic acids is 2. The highest BCUT2D eigenvalue weighted by molar-refractivity contribution is 6.31. The predicted octanol–water partition coefficient (Wildman–Crippen LogP) is 3.69. The number of nitrogens with zero attached hydrogens (tertiary/aromatic N) is 3. The summed E-state index contributed by atoms with van der Waals surface area (Å²) in [6, 6.07) is 14.0. The molecule has 2 amide bonds. The van der Waals surface area contributed by atoms with Crippen molar-refractivity contribution >= 4 is 40.1 Å². The van der Waals surface area contributed by atoms with E-state index in [4.69, 9.17) is 11.6 Å². The predicted molar refractivity (Wildman–Crippen MR) is 121 cm³/mol. The van der Waals surface area contributed by atoms with Crippen LogP contribution in [0.3, 0.4) is 0 Å². The van der Waals surface area contributed by atoms with Gasteiger partial charge < -0.3 is 4.98 Å². The maximum atomic E-state index is 13.4. The molecule has 0 saturated carbocycles. The summed E-state index contributed by atoms with van der Waals surface area (Å²) in [4.78, 5) is 48.3. The molecule has 5 rings (SSSR count). The monoisotopic (exact) mass is 449 g/mol. The SMILES string of the molecule is CCCc1[nH]n(-c2nc3ccccc3[nH]2)c(=O)c1C1CC(=O)N(c2cccc(Cl)c2)C1=O. The van der Waals surface area contributed by atoms with Gasteiger partial charge in [0.05, 0.1) is 28.2 Å². The number of rotatable bonds is 5. The summed E-state index contributed by atoms with van der Waals surface area (Å²) in [7, 11) is 0. The molecule has 0 aliphatic carbocycles. The number of imidazole rings is 1. The van der Waals surface area contributed by atoms with Crippen LogP contribution in [0, 0.1) is 0 Å². The fraction of sp³-hybridized carbons (Fsp3) is 0.217. The Labute approximate surface area is 187 Å². The Kier molecular flexibility index (Phi) is 4.94. The second-order valence-corrected chi connectivity index (χ2v) is 8.21. The molecule has 162 valence electrons. The molecule has 2 N–H and O–H groups in total. The highest BCUT2D eigenvalue weighted by Crippen LogP contribution is 2.34. The molecule has 32 heavy (non-hydrogen) atoms. The molecule has 0 radical (unpaired) electrons.